The molecule has 1 unspecified atom stereocenters. The molecule has 0 spiro atoms. The highest BCUT2D eigenvalue weighted by atomic mass is 16.5. The van der Waals surface area contributed by atoms with Gasteiger partial charge >= 0.3 is 5.97 Å². The smallest absolute Gasteiger partial charge is 0.339 e. The van der Waals surface area contributed by atoms with Gasteiger partial charge in [-0.15, -0.1) is 0 Å². The number of likely N-dealkylation sites (N-methyl/N-ethyl adjacent to an activating group) is 1. The Kier molecular flexibility index (Phi) is 4.37. The topological polar surface area (TPSA) is 54.5 Å². The molecule has 1 atom stereocenters. The number of aryl methyl sites for hydroxylation is 1. The first-order valence-electron chi connectivity index (χ1n) is 6.70. The van der Waals surface area contributed by atoms with Gasteiger partial charge in [0, 0.05) is 19.1 Å². The van der Waals surface area contributed by atoms with E-state index in [0.29, 0.717) is 17.3 Å². The SMILES string of the molecule is CCN(c1ccc(C(=O)OC)c(C)n1)C1CCNC1. The summed E-state index contributed by atoms with van der Waals surface area (Å²) in [6.07, 6.45) is 1.13. The van der Waals surface area contributed by atoms with Crippen LogP contribution < -0.4 is 10.2 Å². The normalized spacial score (nSPS) is 18.4. The fraction of sp³-hybridized carbons (Fsp3) is 0.571. The summed E-state index contributed by atoms with van der Waals surface area (Å²) >= 11 is 0. The van der Waals surface area contributed by atoms with E-state index in [0.717, 1.165) is 31.9 Å². The van der Waals surface area contributed by atoms with Crippen molar-refractivity contribution in [1.82, 2.24) is 10.3 Å². The average Bonchev–Trinajstić information content (AvgIpc) is 2.93. The van der Waals surface area contributed by atoms with Crippen molar-refractivity contribution in [3.05, 3.63) is 23.4 Å². The molecule has 0 radical (unpaired) electrons. The largest absolute Gasteiger partial charge is 0.465 e. The van der Waals surface area contributed by atoms with Gasteiger partial charge in [0.25, 0.3) is 0 Å². The molecule has 1 N–H and O–H groups in total. The van der Waals surface area contributed by atoms with Gasteiger partial charge in [-0.2, -0.15) is 0 Å². The number of methoxy groups -OCH3 is 1. The molecular formula is C14H21N3O2. The number of ether oxygens (including phenoxy) is 1. The number of carbonyl (C=O) groups excluding carboxylic acids is 1. The molecule has 104 valence electrons. The summed E-state index contributed by atoms with van der Waals surface area (Å²) in [6.45, 7) is 6.93. The van der Waals surface area contributed by atoms with Gasteiger partial charge in [-0.3, -0.25) is 0 Å². The maximum Gasteiger partial charge on any atom is 0.339 e. The Hall–Kier alpha value is -1.62. The lowest BCUT2D eigenvalue weighted by molar-refractivity contribution is 0.0599. The van der Waals surface area contributed by atoms with Gasteiger partial charge in [-0.05, 0) is 38.9 Å². The molecule has 1 aromatic rings. The first-order valence-corrected chi connectivity index (χ1v) is 6.70. The lowest BCUT2D eigenvalue weighted by Gasteiger charge is -2.28. The van der Waals surface area contributed by atoms with Gasteiger partial charge in [0.2, 0.25) is 0 Å². The van der Waals surface area contributed by atoms with Crippen LogP contribution in [0.4, 0.5) is 5.82 Å². The molecule has 1 aliphatic heterocycles. The molecule has 1 saturated heterocycles. The van der Waals surface area contributed by atoms with Crippen LogP contribution in [0.1, 0.15) is 29.4 Å². The number of nitrogens with zero attached hydrogens (tertiary/aromatic N) is 2. The van der Waals surface area contributed by atoms with Crippen LogP contribution in [0.2, 0.25) is 0 Å². The van der Waals surface area contributed by atoms with Crippen LogP contribution in [0.5, 0.6) is 0 Å². The van der Waals surface area contributed by atoms with Crippen molar-refractivity contribution in [2.75, 3.05) is 31.6 Å². The van der Waals surface area contributed by atoms with E-state index in [1.807, 2.05) is 13.0 Å². The second kappa shape index (κ2) is 6.02. The third kappa shape index (κ3) is 2.87. The Bertz CT molecular complexity index is 456. The number of hydrogen-bond acceptors (Lipinski definition) is 5. The fourth-order valence-corrected chi connectivity index (χ4v) is 2.55. The second-order valence-corrected chi connectivity index (χ2v) is 4.73. The monoisotopic (exact) mass is 263 g/mol. The van der Waals surface area contributed by atoms with Crippen molar-refractivity contribution in [1.29, 1.82) is 0 Å². The Labute approximate surface area is 114 Å². The van der Waals surface area contributed by atoms with E-state index in [2.05, 4.69) is 22.1 Å². The average molecular weight is 263 g/mol. The summed E-state index contributed by atoms with van der Waals surface area (Å²) in [5.74, 6) is 0.600. The maximum atomic E-state index is 11.6. The van der Waals surface area contributed by atoms with Gasteiger partial charge in [0.15, 0.2) is 0 Å². The second-order valence-electron chi connectivity index (χ2n) is 4.73. The van der Waals surface area contributed by atoms with E-state index in [4.69, 9.17) is 4.74 Å². The molecule has 5 nitrogen and oxygen atoms in total. The van der Waals surface area contributed by atoms with E-state index < -0.39 is 0 Å². The van der Waals surface area contributed by atoms with Gasteiger partial charge in [-0.25, -0.2) is 9.78 Å². The molecule has 1 fully saturated rings. The van der Waals surface area contributed by atoms with Crippen LogP contribution in [0, 0.1) is 6.92 Å². The van der Waals surface area contributed by atoms with Crippen molar-refractivity contribution < 1.29 is 9.53 Å². The fourth-order valence-electron chi connectivity index (χ4n) is 2.55. The number of anilines is 1. The molecular weight excluding hydrogens is 242 g/mol. The molecule has 0 bridgehead atoms. The van der Waals surface area contributed by atoms with Crippen LogP contribution >= 0.6 is 0 Å². The summed E-state index contributed by atoms with van der Waals surface area (Å²) in [6, 6.07) is 4.19. The first-order chi connectivity index (χ1) is 9.17. The molecule has 0 aliphatic carbocycles. The molecule has 19 heavy (non-hydrogen) atoms. The van der Waals surface area contributed by atoms with Crippen molar-refractivity contribution in [3.8, 4) is 0 Å². The minimum Gasteiger partial charge on any atom is -0.465 e. The summed E-state index contributed by atoms with van der Waals surface area (Å²) in [5.41, 5.74) is 1.25. The van der Waals surface area contributed by atoms with Gasteiger partial charge in [-0.1, -0.05) is 0 Å². The van der Waals surface area contributed by atoms with E-state index in [9.17, 15) is 4.79 Å². The van der Waals surface area contributed by atoms with Gasteiger partial charge in [0.1, 0.15) is 5.82 Å². The summed E-state index contributed by atoms with van der Waals surface area (Å²) in [7, 11) is 1.39. The first kappa shape index (κ1) is 13.8. The highest BCUT2D eigenvalue weighted by Crippen LogP contribution is 2.20. The number of aromatic nitrogens is 1. The predicted octanol–water partition coefficient (Wildman–Crippen LogP) is 1.36. The molecule has 0 saturated carbocycles. The van der Waals surface area contributed by atoms with Crippen molar-refractivity contribution >= 4 is 11.8 Å². The summed E-state index contributed by atoms with van der Waals surface area (Å²) < 4.78 is 4.74. The Balaban J connectivity index is 2.24. The standard InChI is InChI=1S/C14H21N3O2/c1-4-17(11-7-8-15-9-11)13-6-5-12(10(2)16-13)14(18)19-3/h5-6,11,15H,4,7-9H2,1-3H3. The highest BCUT2D eigenvalue weighted by Gasteiger charge is 2.23. The Morgan fingerprint density at radius 3 is 2.89 bits per heavy atom. The van der Waals surface area contributed by atoms with Crippen LogP contribution in [-0.2, 0) is 4.74 Å². The van der Waals surface area contributed by atoms with Crippen LogP contribution in [0.25, 0.3) is 0 Å². The van der Waals surface area contributed by atoms with Crippen LogP contribution in [0.3, 0.4) is 0 Å². The zero-order valence-corrected chi connectivity index (χ0v) is 11.8. The van der Waals surface area contributed by atoms with Gasteiger partial charge < -0.3 is 15.0 Å². The molecule has 1 aromatic heterocycles. The number of esters is 1. The molecule has 5 heteroatoms. The lowest BCUT2D eigenvalue weighted by atomic mass is 10.1. The number of pyridine rings is 1. The van der Waals surface area contributed by atoms with E-state index in [1.54, 1.807) is 6.07 Å². The van der Waals surface area contributed by atoms with Gasteiger partial charge in [0.05, 0.1) is 18.4 Å². The van der Waals surface area contributed by atoms with E-state index in [-0.39, 0.29) is 5.97 Å². The van der Waals surface area contributed by atoms with Crippen LogP contribution in [0.15, 0.2) is 12.1 Å². The zero-order chi connectivity index (χ0) is 13.8. The summed E-state index contributed by atoms with van der Waals surface area (Å²) in [5, 5.41) is 3.37. The third-order valence-corrected chi connectivity index (χ3v) is 3.59. The number of rotatable bonds is 4. The Morgan fingerprint density at radius 1 is 1.58 bits per heavy atom. The van der Waals surface area contributed by atoms with Crippen molar-refractivity contribution in [2.24, 2.45) is 0 Å². The number of hydrogen-bond donors (Lipinski definition) is 1. The molecule has 0 amide bonds. The molecule has 2 rings (SSSR count). The Morgan fingerprint density at radius 2 is 2.37 bits per heavy atom. The highest BCUT2D eigenvalue weighted by molar-refractivity contribution is 5.90. The van der Waals surface area contributed by atoms with E-state index >= 15 is 0 Å². The number of nitrogens with one attached hydrogen (secondary N) is 1. The quantitative estimate of drug-likeness (QED) is 0.831. The molecule has 0 aromatic carbocycles. The van der Waals surface area contributed by atoms with Crippen LogP contribution in [-0.4, -0.2) is 43.7 Å². The predicted molar refractivity (Wildman–Crippen MR) is 74.6 cm³/mol. The minimum absolute atomic E-state index is 0.331. The van der Waals surface area contributed by atoms with Crippen molar-refractivity contribution in [3.63, 3.8) is 0 Å². The summed E-state index contributed by atoms with van der Waals surface area (Å²) in [4.78, 5) is 18.4. The number of carbonyl (C=O) groups is 1. The minimum atomic E-state index is -0.331. The molecule has 2 heterocycles. The lowest BCUT2D eigenvalue weighted by Crippen LogP contribution is -2.37. The van der Waals surface area contributed by atoms with Crippen molar-refractivity contribution in [2.45, 2.75) is 26.3 Å². The maximum absolute atomic E-state index is 11.6. The molecule has 1 aliphatic rings. The third-order valence-electron chi connectivity index (χ3n) is 3.59. The van der Waals surface area contributed by atoms with E-state index in [1.165, 1.54) is 7.11 Å². The zero-order valence-electron chi connectivity index (χ0n) is 11.8.